The van der Waals surface area contributed by atoms with Crippen molar-refractivity contribution in [2.75, 3.05) is 13.2 Å². The van der Waals surface area contributed by atoms with E-state index in [1.54, 1.807) is 6.07 Å². The quantitative estimate of drug-likeness (QED) is 0.606. The first-order valence-corrected chi connectivity index (χ1v) is 7.40. The van der Waals surface area contributed by atoms with Gasteiger partial charge in [0.25, 0.3) is 0 Å². The van der Waals surface area contributed by atoms with Crippen molar-refractivity contribution in [3.8, 4) is 11.8 Å². The van der Waals surface area contributed by atoms with Crippen LogP contribution in [0, 0.1) is 17.2 Å². The fraction of sp³-hybridized carbons (Fsp3) is 0.438. The second-order valence-corrected chi connectivity index (χ2v) is 5.18. The van der Waals surface area contributed by atoms with Gasteiger partial charge in [0, 0.05) is 13.2 Å². The molecule has 1 aromatic rings. The topological polar surface area (TPSA) is 88.4 Å². The Hall–Kier alpha value is -2.53. The van der Waals surface area contributed by atoms with Crippen LogP contribution in [-0.2, 0) is 9.53 Å². The van der Waals surface area contributed by atoms with Crippen molar-refractivity contribution in [1.29, 1.82) is 5.26 Å². The standard InChI is InChI=1S/C16H16F2N2O4/c17-16(18)24-13-6-2-1-5-11(13)14(21)12(8-19)15(22)20-9-10-4-3-7-23-10/h1-2,5-6,10,12,16H,3-4,7,9H2,(H,20,22)/t10-,12-/m1/s1. The van der Waals surface area contributed by atoms with Gasteiger partial charge in [-0.3, -0.25) is 9.59 Å². The minimum Gasteiger partial charge on any atom is -0.434 e. The molecule has 8 heteroatoms. The van der Waals surface area contributed by atoms with Gasteiger partial charge in [-0.05, 0) is 25.0 Å². The van der Waals surface area contributed by atoms with Crippen molar-refractivity contribution in [2.45, 2.75) is 25.6 Å². The Morgan fingerprint density at radius 1 is 1.42 bits per heavy atom. The average molecular weight is 338 g/mol. The van der Waals surface area contributed by atoms with Crippen LogP contribution in [-0.4, -0.2) is 37.6 Å². The maximum atomic E-state index is 12.4. The van der Waals surface area contributed by atoms with Crippen LogP contribution >= 0.6 is 0 Å². The van der Waals surface area contributed by atoms with E-state index in [2.05, 4.69) is 10.1 Å². The van der Waals surface area contributed by atoms with Gasteiger partial charge in [-0.2, -0.15) is 14.0 Å². The van der Waals surface area contributed by atoms with Gasteiger partial charge in [0.15, 0.2) is 11.7 Å². The fourth-order valence-corrected chi connectivity index (χ4v) is 2.38. The molecule has 1 N–H and O–H groups in total. The fourth-order valence-electron chi connectivity index (χ4n) is 2.38. The molecule has 1 heterocycles. The Bertz CT molecular complexity index is 639. The minimum atomic E-state index is -3.12. The molecule has 0 aromatic heterocycles. The molecule has 1 aromatic carbocycles. The summed E-state index contributed by atoms with van der Waals surface area (Å²) in [7, 11) is 0. The number of Topliss-reactive ketones (excluding diaryl/α,β-unsaturated/α-hetero) is 1. The minimum absolute atomic E-state index is 0.141. The van der Waals surface area contributed by atoms with Gasteiger partial charge in [0.1, 0.15) is 5.75 Å². The molecular formula is C16H16F2N2O4. The monoisotopic (exact) mass is 338 g/mol. The number of benzene rings is 1. The third-order valence-electron chi connectivity index (χ3n) is 3.55. The van der Waals surface area contributed by atoms with Gasteiger partial charge >= 0.3 is 6.61 Å². The first-order valence-electron chi connectivity index (χ1n) is 7.40. The third-order valence-corrected chi connectivity index (χ3v) is 3.55. The van der Waals surface area contributed by atoms with E-state index in [4.69, 9.17) is 10.00 Å². The smallest absolute Gasteiger partial charge is 0.387 e. The van der Waals surface area contributed by atoms with Crippen LogP contribution in [0.2, 0.25) is 0 Å². The van der Waals surface area contributed by atoms with E-state index in [0.717, 1.165) is 12.8 Å². The van der Waals surface area contributed by atoms with Crippen LogP contribution in [0.5, 0.6) is 5.75 Å². The Labute approximate surface area is 137 Å². The molecule has 0 unspecified atom stereocenters. The average Bonchev–Trinajstić information content (AvgIpc) is 3.07. The van der Waals surface area contributed by atoms with E-state index < -0.39 is 24.2 Å². The molecule has 0 saturated carbocycles. The van der Waals surface area contributed by atoms with Gasteiger partial charge in [-0.25, -0.2) is 0 Å². The molecule has 6 nitrogen and oxygen atoms in total. The van der Waals surface area contributed by atoms with E-state index in [1.807, 2.05) is 0 Å². The highest BCUT2D eigenvalue weighted by Crippen LogP contribution is 2.23. The van der Waals surface area contributed by atoms with Crippen molar-refractivity contribution in [3.05, 3.63) is 29.8 Å². The summed E-state index contributed by atoms with van der Waals surface area (Å²) in [6.45, 7) is -2.31. The highest BCUT2D eigenvalue weighted by molar-refractivity contribution is 6.13. The highest BCUT2D eigenvalue weighted by Gasteiger charge is 2.30. The van der Waals surface area contributed by atoms with E-state index >= 15 is 0 Å². The normalized spacial score (nSPS) is 18.0. The zero-order chi connectivity index (χ0) is 17.5. The molecule has 0 bridgehead atoms. The zero-order valence-corrected chi connectivity index (χ0v) is 12.7. The molecule has 0 spiro atoms. The highest BCUT2D eigenvalue weighted by atomic mass is 19.3. The number of nitrogens with one attached hydrogen (secondary N) is 1. The number of halogens is 2. The molecule has 1 fully saturated rings. The molecule has 1 aliphatic heterocycles. The summed E-state index contributed by atoms with van der Waals surface area (Å²) in [5.74, 6) is -3.69. The lowest BCUT2D eigenvalue weighted by Crippen LogP contribution is -2.38. The molecule has 0 radical (unpaired) electrons. The molecule has 1 aliphatic rings. The lowest BCUT2D eigenvalue weighted by atomic mass is 9.97. The third kappa shape index (κ3) is 4.49. The molecular weight excluding hydrogens is 322 g/mol. The van der Waals surface area contributed by atoms with Gasteiger partial charge in [0.05, 0.1) is 17.7 Å². The largest absolute Gasteiger partial charge is 0.434 e. The van der Waals surface area contributed by atoms with Crippen LogP contribution in [0.15, 0.2) is 24.3 Å². The molecule has 0 aliphatic carbocycles. The Balaban J connectivity index is 2.08. The first kappa shape index (κ1) is 17.8. The number of rotatable bonds is 7. The Morgan fingerprint density at radius 2 is 2.17 bits per heavy atom. The SMILES string of the molecule is N#C[C@@H](C(=O)NC[C@H]1CCCO1)C(=O)c1ccccc1OC(F)F. The van der Waals surface area contributed by atoms with Crippen molar-refractivity contribution in [2.24, 2.45) is 5.92 Å². The lowest BCUT2D eigenvalue weighted by Gasteiger charge is -2.14. The van der Waals surface area contributed by atoms with Crippen LogP contribution in [0.25, 0.3) is 0 Å². The number of amides is 1. The number of ether oxygens (including phenoxy) is 2. The summed E-state index contributed by atoms with van der Waals surface area (Å²) in [5, 5.41) is 11.6. The molecule has 24 heavy (non-hydrogen) atoms. The Kier molecular flexibility index (Phi) is 6.21. The van der Waals surface area contributed by atoms with Crippen LogP contribution in [0.1, 0.15) is 23.2 Å². The lowest BCUT2D eigenvalue weighted by molar-refractivity contribution is -0.122. The van der Waals surface area contributed by atoms with Crippen molar-refractivity contribution in [3.63, 3.8) is 0 Å². The summed E-state index contributed by atoms with van der Waals surface area (Å²) in [6, 6.07) is 6.87. The second kappa shape index (κ2) is 8.36. The number of nitrogens with zero attached hydrogens (tertiary/aromatic N) is 1. The number of carbonyl (C=O) groups is 2. The maximum absolute atomic E-state index is 12.4. The second-order valence-electron chi connectivity index (χ2n) is 5.18. The number of carbonyl (C=O) groups excluding carboxylic acids is 2. The predicted molar refractivity (Wildman–Crippen MR) is 78.5 cm³/mol. The number of para-hydroxylation sites is 1. The number of alkyl halides is 2. The summed E-state index contributed by atoms with van der Waals surface area (Å²) in [5.41, 5.74) is -0.239. The predicted octanol–water partition coefficient (Wildman–Crippen LogP) is 1.91. The van der Waals surface area contributed by atoms with Crippen molar-refractivity contribution >= 4 is 11.7 Å². The van der Waals surface area contributed by atoms with Crippen LogP contribution in [0.3, 0.4) is 0 Å². The Morgan fingerprint density at radius 3 is 2.79 bits per heavy atom. The van der Waals surface area contributed by atoms with E-state index in [9.17, 15) is 18.4 Å². The maximum Gasteiger partial charge on any atom is 0.387 e. The van der Waals surface area contributed by atoms with Crippen molar-refractivity contribution in [1.82, 2.24) is 5.32 Å². The van der Waals surface area contributed by atoms with Gasteiger partial charge < -0.3 is 14.8 Å². The van der Waals surface area contributed by atoms with Crippen LogP contribution < -0.4 is 10.1 Å². The molecule has 2 atom stereocenters. The number of ketones is 1. The number of nitriles is 1. The van der Waals surface area contributed by atoms with Crippen LogP contribution in [0.4, 0.5) is 8.78 Å². The van der Waals surface area contributed by atoms with Gasteiger partial charge in [-0.15, -0.1) is 0 Å². The summed E-state index contributed by atoms with van der Waals surface area (Å²) in [6.07, 6.45) is 1.54. The molecule has 1 saturated heterocycles. The summed E-state index contributed by atoms with van der Waals surface area (Å²) < 4.78 is 34.4. The van der Waals surface area contributed by atoms with Gasteiger partial charge in [0.2, 0.25) is 5.91 Å². The molecule has 1 amide bonds. The molecule has 2 rings (SSSR count). The van der Waals surface area contributed by atoms with Crippen molar-refractivity contribution < 1.29 is 27.8 Å². The molecule has 128 valence electrons. The number of hydrogen-bond acceptors (Lipinski definition) is 5. The summed E-state index contributed by atoms with van der Waals surface area (Å²) >= 11 is 0. The van der Waals surface area contributed by atoms with E-state index in [0.29, 0.717) is 6.61 Å². The van der Waals surface area contributed by atoms with Gasteiger partial charge in [-0.1, -0.05) is 12.1 Å². The van der Waals surface area contributed by atoms with E-state index in [-0.39, 0.29) is 24.0 Å². The zero-order valence-electron chi connectivity index (χ0n) is 12.7. The summed E-state index contributed by atoms with van der Waals surface area (Å²) in [4.78, 5) is 24.5. The van der Waals surface area contributed by atoms with E-state index in [1.165, 1.54) is 24.3 Å². The first-order chi connectivity index (χ1) is 11.5. The number of hydrogen-bond donors (Lipinski definition) is 1.